The molecule has 0 unspecified atom stereocenters. The highest BCUT2D eigenvalue weighted by Gasteiger charge is 2.35. The van der Waals surface area contributed by atoms with Crippen molar-refractivity contribution in [1.82, 2.24) is 15.2 Å². The van der Waals surface area contributed by atoms with E-state index < -0.39 is 0 Å². The summed E-state index contributed by atoms with van der Waals surface area (Å²) in [6, 6.07) is 9.15. The second kappa shape index (κ2) is 7.96. The standard InChI is InChI=1S/C20H16N4O4S2/c1-12-13(6-8-26-12)19-21-22-20(28-19)30-11-18(25)24-15(16-4-2-7-27-16)10-14(23-24)17-5-3-9-29-17/h2-9,15H,10-11H2,1H3/t15-/m0/s1. The van der Waals surface area contributed by atoms with Crippen molar-refractivity contribution in [2.24, 2.45) is 5.10 Å². The number of hydrogen-bond donors (Lipinski definition) is 0. The van der Waals surface area contributed by atoms with Crippen molar-refractivity contribution in [1.29, 1.82) is 0 Å². The minimum atomic E-state index is -0.267. The van der Waals surface area contributed by atoms with E-state index in [1.807, 2.05) is 36.6 Å². The van der Waals surface area contributed by atoms with Crippen molar-refractivity contribution in [3.63, 3.8) is 0 Å². The van der Waals surface area contributed by atoms with Crippen LogP contribution in [0.1, 0.15) is 28.9 Å². The lowest BCUT2D eigenvalue weighted by Gasteiger charge is -2.19. The molecule has 0 saturated carbocycles. The summed E-state index contributed by atoms with van der Waals surface area (Å²) < 4.78 is 16.5. The molecule has 1 aliphatic heterocycles. The van der Waals surface area contributed by atoms with Crippen molar-refractivity contribution >= 4 is 34.7 Å². The molecule has 4 aromatic heterocycles. The van der Waals surface area contributed by atoms with E-state index in [1.54, 1.807) is 29.9 Å². The molecule has 0 fully saturated rings. The van der Waals surface area contributed by atoms with Crippen LogP contribution in [-0.2, 0) is 4.79 Å². The number of thiophene rings is 1. The molecule has 0 spiro atoms. The smallest absolute Gasteiger partial charge is 0.277 e. The average Bonchev–Trinajstić information content (AvgIpc) is 3.55. The van der Waals surface area contributed by atoms with E-state index in [2.05, 4.69) is 15.3 Å². The molecular weight excluding hydrogens is 424 g/mol. The summed E-state index contributed by atoms with van der Waals surface area (Å²) in [5.74, 6) is 1.72. The zero-order valence-electron chi connectivity index (χ0n) is 15.8. The third-order valence-electron chi connectivity index (χ3n) is 4.66. The second-order valence-corrected chi connectivity index (χ2v) is 8.42. The van der Waals surface area contributed by atoms with Crippen molar-refractivity contribution in [2.45, 2.75) is 24.6 Å². The molecule has 0 bridgehead atoms. The minimum Gasteiger partial charge on any atom is -0.469 e. The highest BCUT2D eigenvalue weighted by Crippen LogP contribution is 2.35. The second-order valence-electron chi connectivity index (χ2n) is 6.55. The van der Waals surface area contributed by atoms with E-state index in [4.69, 9.17) is 13.3 Å². The topological polar surface area (TPSA) is 97.9 Å². The summed E-state index contributed by atoms with van der Waals surface area (Å²) in [6.07, 6.45) is 3.78. The van der Waals surface area contributed by atoms with Crippen LogP contribution < -0.4 is 0 Å². The van der Waals surface area contributed by atoms with E-state index in [0.717, 1.165) is 16.2 Å². The summed E-state index contributed by atoms with van der Waals surface area (Å²) >= 11 is 2.78. The van der Waals surface area contributed by atoms with Gasteiger partial charge in [-0.05, 0) is 36.6 Å². The summed E-state index contributed by atoms with van der Waals surface area (Å²) in [5, 5.41) is 16.5. The summed E-state index contributed by atoms with van der Waals surface area (Å²) in [5.41, 5.74) is 1.61. The maximum absolute atomic E-state index is 13.0. The SMILES string of the molecule is Cc1occc1-c1nnc(SCC(=O)N2N=C(c3cccs3)C[C@H]2c2ccco2)o1. The number of carbonyl (C=O) groups is 1. The van der Waals surface area contributed by atoms with Gasteiger partial charge in [0.05, 0.1) is 34.4 Å². The molecule has 0 radical (unpaired) electrons. The monoisotopic (exact) mass is 440 g/mol. The lowest BCUT2D eigenvalue weighted by molar-refractivity contribution is -0.130. The Morgan fingerprint density at radius 3 is 2.90 bits per heavy atom. The lowest BCUT2D eigenvalue weighted by Crippen LogP contribution is -2.28. The lowest BCUT2D eigenvalue weighted by atomic mass is 10.1. The number of amides is 1. The predicted molar refractivity (Wildman–Crippen MR) is 111 cm³/mol. The first-order valence-electron chi connectivity index (χ1n) is 9.16. The number of rotatable bonds is 6. The number of hydrogen-bond acceptors (Lipinski definition) is 9. The number of aryl methyl sites for hydroxylation is 1. The maximum atomic E-state index is 13.0. The van der Waals surface area contributed by atoms with Gasteiger partial charge in [0.15, 0.2) is 0 Å². The molecule has 8 nitrogen and oxygen atoms in total. The fourth-order valence-corrected chi connectivity index (χ4v) is 4.54. The van der Waals surface area contributed by atoms with Crippen molar-refractivity contribution in [3.8, 4) is 11.5 Å². The van der Waals surface area contributed by atoms with Gasteiger partial charge in [0.25, 0.3) is 17.0 Å². The van der Waals surface area contributed by atoms with Crippen molar-refractivity contribution < 1.29 is 18.0 Å². The highest BCUT2D eigenvalue weighted by molar-refractivity contribution is 7.99. The van der Waals surface area contributed by atoms with Crippen LogP contribution in [0.3, 0.4) is 0 Å². The third kappa shape index (κ3) is 3.59. The zero-order chi connectivity index (χ0) is 20.5. The van der Waals surface area contributed by atoms with Crippen LogP contribution in [0.2, 0.25) is 0 Å². The molecule has 0 aromatic carbocycles. The Morgan fingerprint density at radius 2 is 2.17 bits per heavy atom. The van der Waals surface area contributed by atoms with Gasteiger partial charge in [-0.15, -0.1) is 21.5 Å². The predicted octanol–water partition coefficient (Wildman–Crippen LogP) is 4.76. The van der Waals surface area contributed by atoms with Gasteiger partial charge in [-0.1, -0.05) is 17.8 Å². The summed E-state index contributed by atoms with van der Waals surface area (Å²) in [6.45, 7) is 1.82. The fraction of sp³-hybridized carbons (Fsp3) is 0.200. The molecule has 5 rings (SSSR count). The van der Waals surface area contributed by atoms with Crippen LogP contribution >= 0.6 is 23.1 Å². The van der Waals surface area contributed by atoms with Gasteiger partial charge in [-0.2, -0.15) is 5.10 Å². The van der Waals surface area contributed by atoms with E-state index in [0.29, 0.717) is 29.1 Å². The van der Waals surface area contributed by atoms with E-state index in [1.165, 1.54) is 16.8 Å². The Kier molecular flexibility index (Phi) is 5.01. The van der Waals surface area contributed by atoms with Gasteiger partial charge in [-0.25, -0.2) is 5.01 Å². The third-order valence-corrected chi connectivity index (χ3v) is 6.38. The molecule has 0 aliphatic carbocycles. The molecule has 1 aliphatic rings. The average molecular weight is 441 g/mol. The molecule has 4 aromatic rings. The summed E-state index contributed by atoms with van der Waals surface area (Å²) in [7, 11) is 0. The molecule has 0 N–H and O–H groups in total. The van der Waals surface area contributed by atoms with E-state index in [-0.39, 0.29) is 17.7 Å². The van der Waals surface area contributed by atoms with Crippen LogP contribution in [0.25, 0.3) is 11.5 Å². The van der Waals surface area contributed by atoms with Crippen molar-refractivity contribution in [3.05, 3.63) is 64.6 Å². The zero-order valence-corrected chi connectivity index (χ0v) is 17.5. The van der Waals surface area contributed by atoms with Crippen LogP contribution in [-0.4, -0.2) is 32.6 Å². The normalized spacial score (nSPS) is 16.2. The van der Waals surface area contributed by atoms with Gasteiger partial charge < -0.3 is 13.3 Å². The first kappa shape index (κ1) is 18.9. The van der Waals surface area contributed by atoms with E-state index in [9.17, 15) is 4.79 Å². The minimum absolute atomic E-state index is 0.116. The Hall–Kier alpha value is -3.11. The molecule has 30 heavy (non-hydrogen) atoms. The number of hydrazone groups is 1. The number of thioether (sulfide) groups is 1. The summed E-state index contributed by atoms with van der Waals surface area (Å²) in [4.78, 5) is 14.0. The Balaban J connectivity index is 1.31. The first-order chi connectivity index (χ1) is 14.7. The van der Waals surface area contributed by atoms with Crippen LogP contribution in [0.5, 0.6) is 0 Å². The molecule has 1 amide bonds. The largest absolute Gasteiger partial charge is 0.469 e. The van der Waals surface area contributed by atoms with Gasteiger partial charge in [0.1, 0.15) is 17.6 Å². The number of nitrogens with zero attached hydrogens (tertiary/aromatic N) is 4. The number of carbonyl (C=O) groups excluding carboxylic acids is 1. The fourth-order valence-electron chi connectivity index (χ4n) is 3.21. The Bertz CT molecular complexity index is 1180. The molecule has 0 saturated heterocycles. The van der Waals surface area contributed by atoms with E-state index >= 15 is 0 Å². The van der Waals surface area contributed by atoms with Crippen LogP contribution in [0.4, 0.5) is 0 Å². The van der Waals surface area contributed by atoms with Gasteiger partial charge in [0, 0.05) is 6.42 Å². The van der Waals surface area contributed by atoms with Gasteiger partial charge in [0.2, 0.25) is 0 Å². The van der Waals surface area contributed by atoms with Gasteiger partial charge in [-0.3, -0.25) is 4.79 Å². The molecule has 152 valence electrons. The molecule has 5 heterocycles. The Labute approximate surface area is 179 Å². The molecular formula is C20H16N4O4S2. The first-order valence-corrected chi connectivity index (χ1v) is 11.0. The van der Waals surface area contributed by atoms with Gasteiger partial charge >= 0.3 is 0 Å². The highest BCUT2D eigenvalue weighted by atomic mass is 32.2. The molecule has 10 heteroatoms. The maximum Gasteiger partial charge on any atom is 0.277 e. The quantitative estimate of drug-likeness (QED) is 0.399. The van der Waals surface area contributed by atoms with Crippen LogP contribution in [0.15, 0.2) is 71.8 Å². The van der Waals surface area contributed by atoms with Crippen molar-refractivity contribution in [2.75, 3.05) is 5.75 Å². The Morgan fingerprint density at radius 1 is 1.23 bits per heavy atom. The number of furan rings is 2. The number of aromatic nitrogens is 2. The van der Waals surface area contributed by atoms with Crippen LogP contribution in [0, 0.1) is 6.92 Å². The molecule has 1 atom stereocenters.